The second-order valence-corrected chi connectivity index (χ2v) is 23.7. The quantitative estimate of drug-likeness (QED) is 0.0577. The second kappa shape index (κ2) is 30.3. The number of nitrogens with two attached hydrogens (primary N) is 3. The van der Waals surface area contributed by atoms with Crippen molar-refractivity contribution < 1.29 is 27.4 Å². The summed E-state index contributed by atoms with van der Waals surface area (Å²) in [5, 5.41) is 48.1. The van der Waals surface area contributed by atoms with E-state index in [0.717, 1.165) is 59.6 Å². The predicted octanol–water partition coefficient (Wildman–Crippen LogP) is 8.10. The molecule has 0 bridgehead atoms. The van der Waals surface area contributed by atoms with Gasteiger partial charge < -0.3 is 46.1 Å². The van der Waals surface area contributed by atoms with Gasteiger partial charge in [0.15, 0.2) is 34.9 Å². The Hall–Kier alpha value is -11.1. The van der Waals surface area contributed by atoms with Gasteiger partial charge in [-0.2, -0.15) is 35.6 Å². The van der Waals surface area contributed by atoms with E-state index in [9.17, 15) is 0 Å². The van der Waals surface area contributed by atoms with Crippen molar-refractivity contribution in [1.29, 1.82) is 0 Å². The molecule has 9 heterocycles. The molecule has 12 rings (SSSR count). The highest BCUT2D eigenvalue weighted by Crippen LogP contribution is 2.36. The molecule has 0 spiro atoms. The highest BCUT2D eigenvalue weighted by atomic mass is 32.1. The molecule has 0 aliphatic heterocycles. The number of nitrogen functional groups attached to an aromatic ring is 3. The number of anilines is 3. The minimum Gasteiger partial charge on any atom is -0.492 e. The number of benzene rings is 3. The lowest BCUT2D eigenvalue weighted by Crippen LogP contribution is -2.19. The summed E-state index contributed by atoms with van der Waals surface area (Å²) >= 11 is 1.59. The minimum atomic E-state index is -0.506. The van der Waals surface area contributed by atoms with Crippen molar-refractivity contribution in [3.63, 3.8) is 0 Å². The van der Waals surface area contributed by atoms with Gasteiger partial charge in [0.2, 0.25) is 0 Å². The van der Waals surface area contributed by atoms with Crippen LogP contribution in [0.3, 0.4) is 0 Å². The summed E-state index contributed by atoms with van der Waals surface area (Å²) in [5.74, 6) is 1.45. The first-order chi connectivity index (χ1) is 46.1. The molecule has 0 unspecified atom stereocenters. The third-order valence-electron chi connectivity index (χ3n) is 14.8. The highest BCUT2D eigenvalue weighted by Gasteiger charge is 2.25. The van der Waals surface area contributed by atoms with E-state index >= 15 is 13.2 Å². The lowest BCUT2D eigenvalue weighted by atomic mass is 10.1. The maximum absolute atomic E-state index is 15.2. The normalized spacial score (nSPS) is 11.3. The average Bonchev–Trinajstić information content (AvgIpc) is 1.51. The number of pyridine rings is 3. The zero-order valence-electron chi connectivity index (χ0n) is 54.8. The second-order valence-electron chi connectivity index (χ2n) is 22.9. The fourth-order valence-electron chi connectivity index (χ4n) is 9.85. The van der Waals surface area contributed by atoms with Crippen LogP contribution in [0.1, 0.15) is 23.6 Å². The molecule has 3 aromatic carbocycles. The number of likely N-dealkylation sites (N-methyl/N-ethyl adjacent to an activating group) is 3. The van der Waals surface area contributed by atoms with Crippen molar-refractivity contribution in [2.75, 3.05) is 98.9 Å². The summed E-state index contributed by atoms with van der Waals surface area (Å²) in [5.41, 5.74) is 27.7. The van der Waals surface area contributed by atoms with Crippen LogP contribution in [0.4, 0.5) is 30.6 Å². The molecule has 0 fully saturated rings. The standard InChI is InChI=1S/C22H26FN9O.C21H24FN9O.C21H22FN7OS/c1-5-31-13-16(12-26-31)15-9-18(21(24)25-11-15)22-27-28-29-32(22)20-14(2)8-17(10-19(20)23)33-7-6-30(3)4;1-13-7-16(32-6-5-29(2)3)9-18(22)19(13)31-21(26-27-28-31)17-8-14(10-24-20(17)23)15-11-25-30(4)12-15;1-13-8-16(30-6-5-28(2)3)10-18(22)19(13)29-21(25-26-27-29)17-9-15(11-24-20(17)23)14-4-7-31-12-14/h8-13H,5-7H2,1-4H3,(H2,24,25);7-12H,5-6H2,1-4H3,(H2,23,24);4,7-12H,5-6H2,1-3H3,(H2,23,24). The van der Waals surface area contributed by atoms with Crippen LogP contribution in [0.2, 0.25) is 0 Å². The number of aromatic nitrogens is 19. The van der Waals surface area contributed by atoms with Crippen LogP contribution in [0.25, 0.3) is 84.6 Å². The Morgan fingerprint density at radius 1 is 0.469 bits per heavy atom. The van der Waals surface area contributed by atoms with Gasteiger partial charge in [-0.15, -0.1) is 15.3 Å². The van der Waals surface area contributed by atoms with Crippen molar-refractivity contribution >= 4 is 28.8 Å². The van der Waals surface area contributed by atoms with Gasteiger partial charge in [0, 0.05) is 110 Å². The van der Waals surface area contributed by atoms with Crippen LogP contribution in [-0.4, -0.2) is 192 Å². The van der Waals surface area contributed by atoms with Crippen LogP contribution in [0.15, 0.2) is 115 Å². The molecule has 9 aromatic heterocycles. The predicted molar refractivity (Wildman–Crippen MR) is 359 cm³/mol. The van der Waals surface area contributed by atoms with Crippen LogP contribution in [0, 0.1) is 38.2 Å². The molecule has 28 nitrogen and oxygen atoms in total. The summed E-state index contributed by atoms with van der Waals surface area (Å²) in [6.45, 7) is 11.6. The number of hydrogen-bond donors (Lipinski definition) is 3. The van der Waals surface area contributed by atoms with E-state index in [1.165, 1.54) is 32.2 Å². The SMILES string of the molecule is CCn1cc(-c2cnc(N)c(-c3nnnn3-c3c(C)cc(OCCN(C)C)cc3F)c2)cn1.Cc1cc(OCCN(C)C)cc(F)c1-n1nnnc1-c1cc(-c2ccsc2)cnc1N.Cc1cc(OCCN(C)C)cc(F)c1-n1nnnc1-c1cc(-c2cnn(C)c2)cnc1N. The molecule has 0 radical (unpaired) electrons. The average molecular weight is 1330 g/mol. The fourth-order valence-corrected chi connectivity index (χ4v) is 10.5. The third-order valence-corrected chi connectivity index (χ3v) is 15.5. The van der Waals surface area contributed by atoms with E-state index in [4.69, 9.17) is 31.4 Å². The molecule has 32 heteroatoms. The molecular formula is C64H72F3N25O3S. The zero-order chi connectivity index (χ0) is 68.3. The van der Waals surface area contributed by atoms with Gasteiger partial charge in [0.1, 0.15) is 71.6 Å². The number of thiophene rings is 1. The van der Waals surface area contributed by atoms with E-state index in [-0.39, 0.29) is 46.2 Å². The molecule has 0 saturated carbocycles. The van der Waals surface area contributed by atoms with Crippen molar-refractivity contribution in [3.8, 4) is 102 Å². The molecular weight excluding hydrogens is 1260 g/mol. The largest absolute Gasteiger partial charge is 0.492 e. The van der Waals surface area contributed by atoms with E-state index in [0.29, 0.717) is 76.3 Å². The topological polar surface area (TPSA) is 321 Å². The van der Waals surface area contributed by atoms with Crippen LogP contribution in [-0.2, 0) is 13.6 Å². The molecule has 6 N–H and O–H groups in total. The van der Waals surface area contributed by atoms with E-state index < -0.39 is 17.5 Å². The Kier molecular flexibility index (Phi) is 21.4. The summed E-state index contributed by atoms with van der Waals surface area (Å²) in [6.07, 6.45) is 12.3. The number of rotatable bonds is 22. The Morgan fingerprint density at radius 2 is 0.833 bits per heavy atom. The molecule has 498 valence electrons. The first kappa shape index (κ1) is 67.8. The van der Waals surface area contributed by atoms with Gasteiger partial charge in [-0.3, -0.25) is 9.36 Å². The number of aryl methyl sites for hydroxylation is 5. The Balaban J connectivity index is 0.000000157. The van der Waals surface area contributed by atoms with E-state index in [2.05, 4.69) is 71.7 Å². The van der Waals surface area contributed by atoms with Gasteiger partial charge in [0.05, 0.1) is 29.1 Å². The highest BCUT2D eigenvalue weighted by molar-refractivity contribution is 7.08. The molecule has 96 heavy (non-hydrogen) atoms. The van der Waals surface area contributed by atoms with Gasteiger partial charge in [0.25, 0.3) is 0 Å². The number of hydrogen-bond acceptors (Lipinski definition) is 24. The minimum absolute atomic E-state index is 0.219. The van der Waals surface area contributed by atoms with E-state index in [1.807, 2.05) is 123 Å². The monoisotopic (exact) mass is 1330 g/mol. The molecule has 12 aromatic rings. The number of ether oxygens (including phenoxy) is 3. The molecule has 0 aliphatic carbocycles. The molecule has 0 saturated heterocycles. The zero-order valence-corrected chi connectivity index (χ0v) is 55.6. The van der Waals surface area contributed by atoms with Crippen molar-refractivity contribution in [1.82, 2.24) is 110 Å². The first-order valence-electron chi connectivity index (χ1n) is 30.1. The van der Waals surface area contributed by atoms with Crippen molar-refractivity contribution in [2.24, 2.45) is 7.05 Å². The van der Waals surface area contributed by atoms with Crippen LogP contribution in [0.5, 0.6) is 17.2 Å². The number of halogens is 3. The summed E-state index contributed by atoms with van der Waals surface area (Å²) in [7, 11) is 13.5. The van der Waals surface area contributed by atoms with Gasteiger partial charge in [-0.05, 0) is 177 Å². The maximum atomic E-state index is 15.2. The maximum Gasteiger partial charge on any atom is 0.190 e. The Morgan fingerprint density at radius 3 is 1.15 bits per heavy atom. The summed E-state index contributed by atoms with van der Waals surface area (Å²) in [6, 6.07) is 16.8. The van der Waals surface area contributed by atoms with Gasteiger partial charge >= 0.3 is 0 Å². The van der Waals surface area contributed by atoms with Crippen LogP contribution < -0.4 is 31.4 Å². The smallest absolute Gasteiger partial charge is 0.190 e. The summed E-state index contributed by atoms with van der Waals surface area (Å²) < 4.78 is 70.0. The Bertz CT molecular complexity index is 4550. The van der Waals surface area contributed by atoms with E-state index in [1.54, 1.807) is 86.0 Å². The molecule has 0 amide bonds. The lowest BCUT2D eigenvalue weighted by molar-refractivity contribution is 0.260. The number of nitrogens with zero attached hydrogens (tertiary/aromatic N) is 22. The Labute approximate surface area is 554 Å². The van der Waals surface area contributed by atoms with Crippen molar-refractivity contribution in [3.05, 3.63) is 149 Å². The third kappa shape index (κ3) is 15.9. The summed E-state index contributed by atoms with van der Waals surface area (Å²) in [4.78, 5) is 18.8. The number of tetrazole rings is 3. The van der Waals surface area contributed by atoms with Gasteiger partial charge in [-0.25, -0.2) is 28.1 Å². The van der Waals surface area contributed by atoms with Gasteiger partial charge in [-0.1, -0.05) is 0 Å². The molecule has 0 aliphatic rings. The first-order valence-corrected chi connectivity index (χ1v) is 31.0. The fraction of sp³-hybridized carbons (Fsp3) is 0.281. The lowest BCUT2D eigenvalue weighted by Gasteiger charge is -2.14. The van der Waals surface area contributed by atoms with Crippen molar-refractivity contribution in [2.45, 2.75) is 34.2 Å². The molecule has 0 atom stereocenters. The van der Waals surface area contributed by atoms with Crippen LogP contribution >= 0.6 is 11.3 Å².